The topological polar surface area (TPSA) is 75.9 Å². The highest BCUT2D eigenvalue weighted by molar-refractivity contribution is 9.10. The van der Waals surface area contributed by atoms with Crippen LogP contribution in [0.1, 0.15) is 29.7 Å². The fourth-order valence-electron chi connectivity index (χ4n) is 2.75. The smallest absolute Gasteiger partial charge is 0.285 e. The second kappa shape index (κ2) is 11.6. The molecule has 0 fully saturated rings. The van der Waals surface area contributed by atoms with Gasteiger partial charge in [0.15, 0.2) is 5.76 Å². The summed E-state index contributed by atoms with van der Waals surface area (Å²) in [5.41, 5.74) is 5.48. The minimum Gasteiger partial charge on any atom is -0.460 e. The van der Waals surface area contributed by atoms with Gasteiger partial charge in [-0.3, -0.25) is 4.79 Å². The lowest BCUT2D eigenvalue weighted by Crippen LogP contribution is -2.18. The third-order valence-corrected chi connectivity index (χ3v) is 5.33. The molecule has 0 spiro atoms. The Morgan fingerprint density at radius 2 is 2.00 bits per heavy atom. The van der Waals surface area contributed by atoms with E-state index in [-0.39, 0.29) is 5.91 Å². The molecule has 0 aliphatic rings. The predicted octanol–water partition coefficient (Wildman–Crippen LogP) is 5.93. The van der Waals surface area contributed by atoms with Gasteiger partial charge in [-0.05, 0) is 55.3 Å². The van der Waals surface area contributed by atoms with E-state index in [1.54, 1.807) is 12.1 Å². The molecular weight excluding hydrogens is 482 g/mol. The zero-order valence-electron chi connectivity index (χ0n) is 17.0. The van der Waals surface area contributed by atoms with Gasteiger partial charge >= 0.3 is 0 Å². The van der Waals surface area contributed by atoms with Gasteiger partial charge in [0, 0.05) is 39.8 Å². The molecule has 0 bridgehead atoms. The van der Waals surface area contributed by atoms with Crippen molar-refractivity contribution in [2.75, 3.05) is 11.9 Å². The van der Waals surface area contributed by atoms with Crippen molar-refractivity contribution in [1.29, 1.82) is 0 Å². The summed E-state index contributed by atoms with van der Waals surface area (Å²) < 4.78 is 12.2. The number of hydrogen-bond acceptors (Lipinski definition) is 5. The van der Waals surface area contributed by atoms with Gasteiger partial charge in [-0.25, -0.2) is 5.43 Å². The molecule has 3 aromatic rings. The minimum absolute atomic E-state index is 0.161. The van der Waals surface area contributed by atoms with Crippen molar-refractivity contribution in [3.8, 4) is 5.95 Å². The number of anilines is 1. The Labute approximate surface area is 194 Å². The average molecular weight is 505 g/mol. The summed E-state index contributed by atoms with van der Waals surface area (Å²) in [7, 11) is 0. The molecule has 3 rings (SSSR count). The minimum atomic E-state index is -0.161. The highest BCUT2D eigenvalue weighted by atomic mass is 79.9. The second-order valence-corrected chi connectivity index (χ2v) is 8.13. The lowest BCUT2D eigenvalue weighted by molar-refractivity contribution is -0.121. The van der Waals surface area contributed by atoms with E-state index >= 15 is 0 Å². The molecule has 1 amide bonds. The SMILES string of the molecule is Cc1cccc(Cl)c1COc1ccc(/C=N\NC(=O)CCCNc2ccc(Br)cc2)o1. The van der Waals surface area contributed by atoms with Crippen LogP contribution >= 0.6 is 27.5 Å². The molecule has 0 aliphatic carbocycles. The van der Waals surface area contributed by atoms with E-state index in [0.29, 0.717) is 42.7 Å². The molecule has 0 saturated carbocycles. The van der Waals surface area contributed by atoms with Crippen LogP contribution in [0.2, 0.25) is 5.02 Å². The summed E-state index contributed by atoms with van der Waals surface area (Å²) in [6, 6.07) is 17.0. The normalized spacial score (nSPS) is 10.9. The molecule has 31 heavy (non-hydrogen) atoms. The monoisotopic (exact) mass is 503 g/mol. The lowest BCUT2D eigenvalue weighted by Gasteiger charge is -2.08. The van der Waals surface area contributed by atoms with E-state index < -0.39 is 0 Å². The highest BCUT2D eigenvalue weighted by Crippen LogP contribution is 2.23. The zero-order valence-corrected chi connectivity index (χ0v) is 19.4. The molecule has 6 nitrogen and oxygen atoms in total. The number of nitrogens with zero attached hydrogens (tertiary/aromatic N) is 1. The van der Waals surface area contributed by atoms with Crippen LogP contribution in [0, 0.1) is 6.92 Å². The van der Waals surface area contributed by atoms with Crippen molar-refractivity contribution < 1.29 is 13.9 Å². The average Bonchev–Trinajstić information content (AvgIpc) is 3.20. The molecule has 2 N–H and O–H groups in total. The molecule has 8 heteroatoms. The first-order valence-corrected chi connectivity index (χ1v) is 11.0. The van der Waals surface area contributed by atoms with Crippen molar-refractivity contribution >= 4 is 45.3 Å². The first-order valence-electron chi connectivity index (χ1n) is 9.79. The first-order chi connectivity index (χ1) is 15.0. The quantitative estimate of drug-likeness (QED) is 0.204. The Morgan fingerprint density at radius 3 is 2.77 bits per heavy atom. The van der Waals surface area contributed by atoms with E-state index in [1.807, 2.05) is 49.4 Å². The number of halogens is 2. The molecule has 1 aromatic heterocycles. The molecule has 0 saturated heterocycles. The fraction of sp³-hybridized carbons (Fsp3) is 0.217. The van der Waals surface area contributed by atoms with E-state index in [9.17, 15) is 4.79 Å². The first kappa shape index (κ1) is 22.9. The van der Waals surface area contributed by atoms with Gasteiger partial charge in [0.25, 0.3) is 5.95 Å². The number of benzene rings is 2. The number of aryl methyl sites for hydroxylation is 1. The van der Waals surface area contributed by atoms with Crippen molar-refractivity contribution in [1.82, 2.24) is 5.43 Å². The maximum atomic E-state index is 11.9. The number of ether oxygens (including phenoxy) is 1. The standard InChI is InChI=1S/C23H23BrClN3O3/c1-16-4-2-5-21(25)20(16)15-30-23-12-11-19(31-23)14-27-28-22(29)6-3-13-26-18-9-7-17(24)8-10-18/h2,4-5,7-12,14,26H,3,6,13,15H2,1H3,(H,28,29)/b27-14-. The van der Waals surface area contributed by atoms with Gasteiger partial charge in [0.1, 0.15) is 6.61 Å². The van der Waals surface area contributed by atoms with Crippen LogP contribution < -0.4 is 15.5 Å². The lowest BCUT2D eigenvalue weighted by atomic mass is 10.1. The van der Waals surface area contributed by atoms with E-state index in [1.165, 1.54) is 6.21 Å². The number of hydrazone groups is 1. The van der Waals surface area contributed by atoms with Crippen LogP contribution in [-0.4, -0.2) is 18.7 Å². The van der Waals surface area contributed by atoms with Crippen LogP contribution in [0.25, 0.3) is 0 Å². The molecule has 0 aliphatic heterocycles. The van der Waals surface area contributed by atoms with Crippen LogP contribution in [0.5, 0.6) is 5.95 Å². The van der Waals surface area contributed by atoms with Crippen LogP contribution in [-0.2, 0) is 11.4 Å². The summed E-state index contributed by atoms with van der Waals surface area (Å²) >= 11 is 9.60. The van der Waals surface area contributed by atoms with Crippen molar-refractivity contribution in [2.24, 2.45) is 5.10 Å². The number of furan rings is 1. The molecule has 2 aromatic carbocycles. The van der Waals surface area contributed by atoms with Crippen LogP contribution in [0.15, 0.2) is 68.6 Å². The van der Waals surface area contributed by atoms with Gasteiger partial charge < -0.3 is 14.5 Å². The summed E-state index contributed by atoms with van der Waals surface area (Å²) in [6.45, 7) is 2.98. The Hall–Kier alpha value is -2.77. The van der Waals surface area contributed by atoms with E-state index in [4.69, 9.17) is 20.8 Å². The van der Waals surface area contributed by atoms with Gasteiger partial charge in [-0.1, -0.05) is 39.7 Å². The van der Waals surface area contributed by atoms with E-state index in [0.717, 1.165) is 21.3 Å². The number of nitrogens with one attached hydrogen (secondary N) is 2. The third-order valence-electron chi connectivity index (χ3n) is 4.45. The van der Waals surface area contributed by atoms with Gasteiger partial charge in [-0.2, -0.15) is 5.10 Å². The Morgan fingerprint density at radius 1 is 1.19 bits per heavy atom. The molecule has 162 valence electrons. The van der Waals surface area contributed by atoms with E-state index in [2.05, 4.69) is 31.8 Å². The molecular formula is C23H23BrClN3O3. The number of rotatable bonds is 10. The largest absolute Gasteiger partial charge is 0.460 e. The molecule has 0 radical (unpaired) electrons. The van der Waals surface area contributed by atoms with Crippen LogP contribution in [0.3, 0.4) is 0 Å². The van der Waals surface area contributed by atoms with Crippen LogP contribution in [0.4, 0.5) is 5.69 Å². The maximum absolute atomic E-state index is 11.9. The number of carbonyl (C=O) groups is 1. The summed E-state index contributed by atoms with van der Waals surface area (Å²) in [5, 5.41) is 7.85. The Balaban J connectivity index is 1.36. The maximum Gasteiger partial charge on any atom is 0.285 e. The van der Waals surface area contributed by atoms with Crippen molar-refractivity contribution in [3.63, 3.8) is 0 Å². The summed E-state index contributed by atoms with van der Waals surface area (Å²) in [6.07, 6.45) is 2.49. The summed E-state index contributed by atoms with van der Waals surface area (Å²) in [5.74, 6) is 0.667. The number of carbonyl (C=O) groups excluding carboxylic acids is 1. The fourth-order valence-corrected chi connectivity index (χ4v) is 3.29. The third kappa shape index (κ3) is 7.45. The highest BCUT2D eigenvalue weighted by Gasteiger charge is 2.07. The predicted molar refractivity (Wildman–Crippen MR) is 127 cm³/mol. The molecule has 0 unspecified atom stereocenters. The van der Waals surface area contributed by atoms with Gasteiger partial charge in [0.05, 0.1) is 6.21 Å². The Kier molecular flexibility index (Phi) is 8.55. The molecule has 1 heterocycles. The molecule has 0 atom stereocenters. The number of hydrogen-bond donors (Lipinski definition) is 2. The van der Waals surface area contributed by atoms with Gasteiger partial charge in [-0.15, -0.1) is 0 Å². The second-order valence-electron chi connectivity index (χ2n) is 6.81. The van der Waals surface area contributed by atoms with Crippen molar-refractivity contribution in [3.05, 3.63) is 81.0 Å². The zero-order chi connectivity index (χ0) is 22.1. The Bertz CT molecular complexity index is 1010. The summed E-state index contributed by atoms with van der Waals surface area (Å²) in [4.78, 5) is 11.9. The van der Waals surface area contributed by atoms with Gasteiger partial charge in [0.2, 0.25) is 5.91 Å². The number of amides is 1. The van der Waals surface area contributed by atoms with Crippen molar-refractivity contribution in [2.45, 2.75) is 26.4 Å².